The smallest absolute Gasteiger partial charge is 0.167 e. The zero-order valence-corrected chi connectivity index (χ0v) is 30.9. The molecular weight excluding hydrogens is 713 g/mol. The topological polar surface area (TPSA) is 88.7 Å². The summed E-state index contributed by atoms with van der Waals surface area (Å²) in [6.45, 7) is 0. The lowest BCUT2D eigenvalue weighted by atomic mass is 9.96. The molecule has 0 saturated heterocycles. The molecule has 0 unspecified atom stereocenters. The van der Waals surface area contributed by atoms with Crippen molar-refractivity contribution in [2.24, 2.45) is 0 Å². The summed E-state index contributed by atoms with van der Waals surface area (Å²) in [4.78, 5) is 15.3. The molecule has 0 aliphatic carbocycles. The van der Waals surface area contributed by atoms with Gasteiger partial charge in [-0.1, -0.05) is 133 Å². The molecule has 6 nitrogen and oxygen atoms in total. The van der Waals surface area contributed by atoms with E-state index in [1.54, 1.807) is 6.07 Å². The molecule has 3 heterocycles. The van der Waals surface area contributed by atoms with Gasteiger partial charge in [-0.2, -0.15) is 5.26 Å². The van der Waals surface area contributed by atoms with E-state index in [0.29, 0.717) is 23.0 Å². The molecule has 0 atom stereocenters. The van der Waals surface area contributed by atoms with Gasteiger partial charge >= 0.3 is 0 Å². The van der Waals surface area contributed by atoms with Crippen LogP contribution in [-0.4, -0.2) is 15.0 Å². The summed E-state index contributed by atoms with van der Waals surface area (Å²) in [5.74, 6) is 1.54. The number of benzene rings is 8. The van der Waals surface area contributed by atoms with E-state index in [1.807, 2.05) is 97.1 Å². The third kappa shape index (κ3) is 5.69. The number of aromatic nitrogens is 3. The lowest BCUT2D eigenvalue weighted by Gasteiger charge is -2.10. The normalized spacial score (nSPS) is 11.4. The predicted octanol–water partition coefficient (Wildman–Crippen LogP) is 13.5. The summed E-state index contributed by atoms with van der Waals surface area (Å²) < 4.78 is 13.0. The van der Waals surface area contributed by atoms with E-state index >= 15 is 0 Å². The number of hydrogen-bond acceptors (Lipinski definition) is 6. The molecule has 0 saturated carbocycles. The Balaban J connectivity index is 1.06. The van der Waals surface area contributed by atoms with Crippen molar-refractivity contribution >= 4 is 43.9 Å². The minimum atomic E-state index is 0.501. The number of rotatable bonds is 6. The zero-order valence-electron chi connectivity index (χ0n) is 30.9. The number of para-hydroxylation sites is 2. The lowest BCUT2D eigenvalue weighted by molar-refractivity contribution is 0.668. The first-order valence-corrected chi connectivity index (χ1v) is 19.1. The predicted molar refractivity (Wildman–Crippen MR) is 232 cm³/mol. The van der Waals surface area contributed by atoms with Gasteiger partial charge in [-0.15, -0.1) is 0 Å². The first kappa shape index (κ1) is 33.2. The molecule has 0 amide bonds. The SMILES string of the molecule is N#Cc1cccc(-c2ccc(-c3nc(-c4ccc5c(c4)oc4cccc(-c6cccc(-c7ccccc7)c6)c45)nc(-c4cccc5c4oc4ccccc45)n3)cc2)c1. The van der Waals surface area contributed by atoms with Gasteiger partial charge in [0.05, 0.1) is 17.2 Å². The van der Waals surface area contributed by atoms with Crippen LogP contribution in [-0.2, 0) is 0 Å². The van der Waals surface area contributed by atoms with Gasteiger partial charge in [0, 0.05) is 32.7 Å². The molecule has 0 radical (unpaired) electrons. The fourth-order valence-corrected chi connectivity index (χ4v) is 7.96. The molecule has 0 spiro atoms. The molecule has 11 rings (SSSR count). The first-order chi connectivity index (χ1) is 28.7. The van der Waals surface area contributed by atoms with Crippen LogP contribution >= 0.6 is 0 Å². The Labute approximate surface area is 333 Å². The molecular formula is C52H30N4O2. The van der Waals surface area contributed by atoms with Crippen molar-refractivity contribution in [2.75, 3.05) is 0 Å². The summed E-state index contributed by atoms with van der Waals surface area (Å²) in [5, 5.41) is 13.6. The van der Waals surface area contributed by atoms with Crippen LogP contribution in [0.2, 0.25) is 0 Å². The summed E-state index contributed by atoms with van der Waals surface area (Å²) in [6.07, 6.45) is 0. The van der Waals surface area contributed by atoms with Gasteiger partial charge in [-0.05, 0) is 81.9 Å². The minimum absolute atomic E-state index is 0.501. The largest absolute Gasteiger partial charge is 0.456 e. The van der Waals surface area contributed by atoms with E-state index in [1.165, 1.54) is 5.56 Å². The van der Waals surface area contributed by atoms with Crippen molar-refractivity contribution in [1.82, 2.24) is 15.0 Å². The van der Waals surface area contributed by atoms with Crippen molar-refractivity contribution in [3.05, 3.63) is 188 Å². The molecule has 11 aromatic rings. The molecule has 0 N–H and O–H groups in total. The maximum Gasteiger partial charge on any atom is 0.167 e. The fraction of sp³-hybridized carbons (Fsp3) is 0. The molecule has 58 heavy (non-hydrogen) atoms. The van der Waals surface area contributed by atoms with Gasteiger partial charge in [0.15, 0.2) is 17.5 Å². The highest BCUT2D eigenvalue weighted by molar-refractivity contribution is 6.13. The van der Waals surface area contributed by atoms with Gasteiger partial charge in [-0.25, -0.2) is 15.0 Å². The molecule has 6 heteroatoms. The first-order valence-electron chi connectivity index (χ1n) is 19.1. The maximum absolute atomic E-state index is 9.46. The molecule has 0 aliphatic heterocycles. The van der Waals surface area contributed by atoms with Crippen molar-refractivity contribution in [1.29, 1.82) is 5.26 Å². The Morgan fingerprint density at radius 3 is 1.83 bits per heavy atom. The number of hydrogen-bond donors (Lipinski definition) is 0. The summed E-state index contributed by atoms with van der Waals surface area (Å²) in [5.41, 5.74) is 12.6. The number of nitriles is 1. The van der Waals surface area contributed by atoms with Gasteiger partial charge in [0.1, 0.15) is 22.3 Å². The van der Waals surface area contributed by atoms with Gasteiger partial charge in [0.2, 0.25) is 0 Å². The van der Waals surface area contributed by atoms with E-state index in [-0.39, 0.29) is 0 Å². The highest BCUT2D eigenvalue weighted by Gasteiger charge is 2.20. The van der Waals surface area contributed by atoms with Crippen LogP contribution in [0.5, 0.6) is 0 Å². The molecule has 0 bridgehead atoms. The van der Waals surface area contributed by atoms with Gasteiger partial charge in [-0.3, -0.25) is 0 Å². The quantitative estimate of drug-likeness (QED) is 0.168. The van der Waals surface area contributed by atoms with E-state index in [0.717, 1.165) is 88.4 Å². The molecule has 0 fully saturated rings. The zero-order chi connectivity index (χ0) is 38.6. The number of fused-ring (bicyclic) bond motifs is 6. The summed E-state index contributed by atoms with van der Waals surface area (Å²) in [6, 6.07) is 63.5. The standard InChI is InChI=1S/C52H30N4O2/c53-31-32-10-6-13-36(28-32)34-22-24-35(25-23-34)50-54-51(56-52(55-50)44-19-8-18-42-41-16-4-5-20-45(41)58-49(42)44)39-26-27-43-47(30-39)57-46-21-9-17-40(48(43)46)38-15-7-14-37(29-38)33-11-2-1-3-12-33/h1-30H. The van der Waals surface area contributed by atoms with Crippen LogP contribution in [0.3, 0.4) is 0 Å². The molecule has 270 valence electrons. The van der Waals surface area contributed by atoms with E-state index in [4.69, 9.17) is 23.8 Å². The molecule has 3 aromatic heterocycles. The Morgan fingerprint density at radius 1 is 0.362 bits per heavy atom. The van der Waals surface area contributed by atoms with Gasteiger partial charge < -0.3 is 8.83 Å². The van der Waals surface area contributed by atoms with Crippen LogP contribution in [0.15, 0.2) is 191 Å². The summed E-state index contributed by atoms with van der Waals surface area (Å²) >= 11 is 0. The Kier molecular flexibility index (Phi) is 7.76. The van der Waals surface area contributed by atoms with Crippen LogP contribution in [0.1, 0.15) is 5.56 Å². The minimum Gasteiger partial charge on any atom is -0.456 e. The lowest BCUT2D eigenvalue weighted by Crippen LogP contribution is -2.00. The van der Waals surface area contributed by atoms with Crippen LogP contribution in [0.4, 0.5) is 0 Å². The van der Waals surface area contributed by atoms with Crippen molar-refractivity contribution < 1.29 is 8.83 Å². The Morgan fingerprint density at radius 2 is 0.966 bits per heavy atom. The third-order valence-corrected chi connectivity index (χ3v) is 10.8. The number of nitrogens with zero attached hydrogens (tertiary/aromatic N) is 4. The second kappa shape index (κ2) is 13.6. The average molecular weight is 743 g/mol. The van der Waals surface area contributed by atoms with Crippen molar-refractivity contribution in [3.8, 4) is 73.6 Å². The molecule has 0 aliphatic rings. The van der Waals surface area contributed by atoms with Crippen LogP contribution < -0.4 is 0 Å². The van der Waals surface area contributed by atoms with E-state index in [2.05, 4.69) is 84.9 Å². The summed E-state index contributed by atoms with van der Waals surface area (Å²) in [7, 11) is 0. The Hall–Kier alpha value is -8.14. The van der Waals surface area contributed by atoms with Gasteiger partial charge in [0.25, 0.3) is 0 Å². The Bertz CT molecular complexity index is 3410. The van der Waals surface area contributed by atoms with Crippen LogP contribution in [0.25, 0.3) is 111 Å². The number of furan rings is 2. The van der Waals surface area contributed by atoms with Crippen molar-refractivity contribution in [2.45, 2.75) is 0 Å². The molecule has 8 aromatic carbocycles. The average Bonchev–Trinajstić information content (AvgIpc) is 3.88. The van der Waals surface area contributed by atoms with Crippen molar-refractivity contribution in [3.63, 3.8) is 0 Å². The second-order valence-electron chi connectivity index (χ2n) is 14.3. The highest BCUT2D eigenvalue weighted by Crippen LogP contribution is 2.40. The highest BCUT2D eigenvalue weighted by atomic mass is 16.3. The van der Waals surface area contributed by atoms with Crippen LogP contribution in [0, 0.1) is 11.3 Å². The second-order valence-corrected chi connectivity index (χ2v) is 14.3. The third-order valence-electron chi connectivity index (χ3n) is 10.8. The monoisotopic (exact) mass is 742 g/mol. The fourth-order valence-electron chi connectivity index (χ4n) is 7.96. The maximum atomic E-state index is 9.46. The van der Waals surface area contributed by atoms with E-state index < -0.39 is 0 Å². The van der Waals surface area contributed by atoms with E-state index in [9.17, 15) is 5.26 Å².